The summed E-state index contributed by atoms with van der Waals surface area (Å²) < 4.78 is 25.6. The Labute approximate surface area is 179 Å². The highest BCUT2D eigenvalue weighted by molar-refractivity contribution is 7.15. The predicted octanol–water partition coefficient (Wildman–Crippen LogP) is 2.51. The van der Waals surface area contributed by atoms with Gasteiger partial charge in [0.1, 0.15) is 6.10 Å². The molecule has 0 radical (unpaired) electrons. The molecule has 2 fully saturated rings. The quantitative estimate of drug-likeness (QED) is 0.747. The molecule has 2 aliphatic rings. The molecular weight excluding hydrogens is 409 g/mol. The van der Waals surface area contributed by atoms with Gasteiger partial charge in [0.05, 0.1) is 30.0 Å². The molecule has 8 nitrogen and oxygen atoms in total. The van der Waals surface area contributed by atoms with Crippen LogP contribution in [0.1, 0.15) is 25.1 Å². The van der Waals surface area contributed by atoms with Crippen LogP contribution in [0.25, 0.3) is 0 Å². The first-order valence-electron chi connectivity index (χ1n) is 10.1. The van der Waals surface area contributed by atoms with E-state index in [0.717, 1.165) is 38.4 Å². The minimum absolute atomic E-state index is 0.00691. The van der Waals surface area contributed by atoms with Gasteiger partial charge >= 0.3 is 0 Å². The van der Waals surface area contributed by atoms with E-state index in [9.17, 15) is 9.18 Å². The van der Waals surface area contributed by atoms with Crippen LogP contribution in [0.3, 0.4) is 0 Å². The first-order chi connectivity index (χ1) is 14.5. The molecule has 162 valence electrons. The number of aromatic nitrogens is 2. The van der Waals surface area contributed by atoms with Crippen molar-refractivity contribution in [3.63, 3.8) is 0 Å². The van der Waals surface area contributed by atoms with Gasteiger partial charge in [0.15, 0.2) is 5.13 Å². The molecule has 30 heavy (non-hydrogen) atoms. The van der Waals surface area contributed by atoms with Gasteiger partial charge in [-0.15, -0.1) is 0 Å². The molecule has 2 saturated heterocycles. The zero-order valence-electron chi connectivity index (χ0n) is 17.1. The number of morpholine rings is 1. The van der Waals surface area contributed by atoms with E-state index in [2.05, 4.69) is 32.0 Å². The average Bonchev–Trinajstić information content (AvgIpc) is 3.24. The monoisotopic (exact) mass is 435 g/mol. The van der Waals surface area contributed by atoms with Crippen LogP contribution >= 0.6 is 11.3 Å². The number of hydrogen-bond acceptors (Lipinski definition) is 8. The van der Waals surface area contributed by atoms with Crippen LogP contribution < -0.4 is 15.0 Å². The maximum atomic E-state index is 14.1. The van der Waals surface area contributed by atoms with Crippen molar-refractivity contribution in [2.75, 3.05) is 43.1 Å². The van der Waals surface area contributed by atoms with Crippen LogP contribution in [0.15, 0.2) is 18.3 Å². The predicted molar refractivity (Wildman–Crippen MR) is 113 cm³/mol. The second-order valence-corrected chi connectivity index (χ2v) is 8.71. The summed E-state index contributed by atoms with van der Waals surface area (Å²) in [5.74, 6) is -0.186. The molecule has 2 aliphatic heterocycles. The number of pyridine rings is 1. The Kier molecular flexibility index (Phi) is 6.45. The minimum Gasteiger partial charge on any atom is -0.473 e. The second-order valence-electron chi connectivity index (χ2n) is 7.62. The van der Waals surface area contributed by atoms with Crippen LogP contribution in [0.5, 0.6) is 5.88 Å². The highest BCUT2D eigenvalue weighted by Crippen LogP contribution is 2.29. The van der Waals surface area contributed by atoms with Crippen LogP contribution in [0.2, 0.25) is 0 Å². The Morgan fingerprint density at radius 2 is 2.20 bits per heavy atom. The van der Waals surface area contributed by atoms with Gasteiger partial charge in [-0.3, -0.25) is 9.69 Å². The molecule has 2 aromatic rings. The number of likely N-dealkylation sites (tertiary alicyclic amines) is 1. The molecule has 0 saturated carbocycles. The van der Waals surface area contributed by atoms with E-state index in [1.165, 1.54) is 18.3 Å². The number of carbonyl (C=O) groups is 1. The molecule has 2 aromatic heterocycles. The number of anilines is 2. The molecule has 2 atom stereocenters. The van der Waals surface area contributed by atoms with E-state index in [1.807, 2.05) is 18.3 Å². The number of thiazole rings is 1. The fourth-order valence-corrected chi connectivity index (χ4v) is 4.71. The number of rotatable bonds is 6. The Hall–Kier alpha value is -2.30. The summed E-state index contributed by atoms with van der Waals surface area (Å²) in [7, 11) is 0. The fraction of sp³-hybridized carbons (Fsp3) is 0.550. The lowest BCUT2D eigenvalue weighted by molar-refractivity contribution is -0.114. The van der Waals surface area contributed by atoms with Gasteiger partial charge in [-0.2, -0.15) is 9.37 Å². The number of nitrogens with zero attached hydrogens (tertiary/aromatic N) is 4. The molecule has 4 rings (SSSR count). The Balaban J connectivity index is 1.33. The summed E-state index contributed by atoms with van der Waals surface area (Å²) in [5.41, 5.74) is 1.07. The van der Waals surface area contributed by atoms with Gasteiger partial charge in [-0.1, -0.05) is 11.3 Å². The van der Waals surface area contributed by atoms with Gasteiger partial charge in [0, 0.05) is 51.6 Å². The van der Waals surface area contributed by atoms with Crippen LogP contribution in [0, 0.1) is 5.95 Å². The number of ether oxygens (including phenoxy) is 2. The lowest BCUT2D eigenvalue weighted by Crippen LogP contribution is -2.36. The van der Waals surface area contributed by atoms with Gasteiger partial charge < -0.3 is 19.7 Å². The third-order valence-corrected chi connectivity index (χ3v) is 6.26. The van der Waals surface area contributed by atoms with E-state index in [0.29, 0.717) is 29.0 Å². The van der Waals surface area contributed by atoms with E-state index < -0.39 is 5.95 Å². The van der Waals surface area contributed by atoms with Gasteiger partial charge in [-0.05, 0) is 13.0 Å². The highest BCUT2D eigenvalue weighted by Gasteiger charge is 2.32. The van der Waals surface area contributed by atoms with Gasteiger partial charge in [0.2, 0.25) is 17.7 Å². The average molecular weight is 436 g/mol. The number of nitrogens with one attached hydrogen (secondary N) is 1. The SMILES string of the molecule is CC(=O)Nc1nc(F)c(CN2C[C@H](Oc3ccc(N4CCOCC4)cn3)C[C@@H]2C)s1. The van der Waals surface area contributed by atoms with E-state index in [-0.39, 0.29) is 18.1 Å². The molecule has 1 amide bonds. The number of halogens is 1. The fourth-order valence-electron chi connectivity index (χ4n) is 3.79. The highest BCUT2D eigenvalue weighted by atomic mass is 32.1. The number of amides is 1. The lowest BCUT2D eigenvalue weighted by atomic mass is 10.2. The second kappa shape index (κ2) is 9.23. The Morgan fingerprint density at radius 1 is 1.40 bits per heavy atom. The summed E-state index contributed by atoms with van der Waals surface area (Å²) in [6.45, 7) is 7.82. The topological polar surface area (TPSA) is 79.8 Å². The summed E-state index contributed by atoms with van der Waals surface area (Å²) in [6.07, 6.45) is 2.67. The van der Waals surface area contributed by atoms with Crippen molar-refractivity contribution < 1.29 is 18.7 Å². The molecule has 1 N–H and O–H groups in total. The van der Waals surface area contributed by atoms with Gasteiger partial charge in [-0.25, -0.2) is 4.98 Å². The molecule has 0 unspecified atom stereocenters. The number of hydrogen-bond donors (Lipinski definition) is 1. The van der Waals surface area contributed by atoms with E-state index in [4.69, 9.17) is 9.47 Å². The first-order valence-corrected chi connectivity index (χ1v) is 10.9. The molecular formula is C20H26FN5O3S. The zero-order valence-corrected chi connectivity index (χ0v) is 18.0. The summed E-state index contributed by atoms with van der Waals surface area (Å²) in [4.78, 5) is 24.3. The van der Waals surface area contributed by atoms with Crippen molar-refractivity contribution in [1.82, 2.24) is 14.9 Å². The molecule has 10 heteroatoms. The van der Waals surface area contributed by atoms with Gasteiger partial charge in [0.25, 0.3) is 0 Å². The maximum absolute atomic E-state index is 14.1. The van der Waals surface area contributed by atoms with Crippen molar-refractivity contribution in [2.45, 2.75) is 39.0 Å². The van der Waals surface area contributed by atoms with Crippen LogP contribution in [0.4, 0.5) is 15.2 Å². The summed E-state index contributed by atoms with van der Waals surface area (Å²) >= 11 is 1.17. The largest absolute Gasteiger partial charge is 0.473 e. The maximum Gasteiger partial charge on any atom is 0.230 e. The normalized spacial score (nSPS) is 22.3. The smallest absolute Gasteiger partial charge is 0.230 e. The standard InChI is InChI=1S/C20H26FN5O3S/c1-13-9-16(11-26(13)12-17-19(21)24-20(30-17)23-14(2)27)29-18-4-3-15(10-22-18)25-5-7-28-8-6-25/h3-4,10,13,16H,5-9,11-12H2,1-2H3,(H,23,24,27)/t13-,16+/m0/s1. The van der Waals surface area contributed by atoms with Crippen molar-refractivity contribution in [3.05, 3.63) is 29.2 Å². The van der Waals surface area contributed by atoms with Crippen molar-refractivity contribution >= 4 is 28.1 Å². The number of carbonyl (C=O) groups excluding carboxylic acids is 1. The lowest BCUT2D eigenvalue weighted by Gasteiger charge is -2.28. The molecule has 0 aliphatic carbocycles. The van der Waals surface area contributed by atoms with Crippen molar-refractivity contribution in [1.29, 1.82) is 0 Å². The molecule has 0 spiro atoms. The van der Waals surface area contributed by atoms with Crippen molar-refractivity contribution in [3.8, 4) is 5.88 Å². The molecule has 4 heterocycles. The first kappa shape index (κ1) is 21.0. The molecule has 0 aromatic carbocycles. The van der Waals surface area contributed by atoms with Crippen LogP contribution in [-0.2, 0) is 16.1 Å². The van der Waals surface area contributed by atoms with E-state index >= 15 is 0 Å². The third kappa shape index (κ3) is 5.05. The summed E-state index contributed by atoms with van der Waals surface area (Å²) in [5, 5.41) is 2.83. The molecule has 0 bridgehead atoms. The van der Waals surface area contributed by atoms with Crippen molar-refractivity contribution in [2.24, 2.45) is 0 Å². The third-order valence-electron chi connectivity index (χ3n) is 5.33. The Bertz CT molecular complexity index is 872. The van der Waals surface area contributed by atoms with E-state index in [1.54, 1.807) is 0 Å². The summed E-state index contributed by atoms with van der Waals surface area (Å²) in [6, 6.07) is 4.18. The Morgan fingerprint density at radius 3 is 2.90 bits per heavy atom. The minimum atomic E-state index is -0.527. The zero-order chi connectivity index (χ0) is 21.1. The van der Waals surface area contributed by atoms with Crippen LogP contribution in [-0.4, -0.2) is 65.8 Å².